The van der Waals surface area contributed by atoms with Gasteiger partial charge in [0.05, 0.1) is 18.3 Å². The van der Waals surface area contributed by atoms with Crippen LogP contribution in [0.25, 0.3) is 0 Å². The Balaban J connectivity index is 4.01. The number of ether oxygens (including phenoxy) is 1. The molecule has 0 aromatic heterocycles. The monoisotopic (exact) mass is 239 g/mol. The number of aliphatic carboxylic acids is 1. The van der Waals surface area contributed by atoms with Crippen LogP contribution in [0, 0.1) is 5.92 Å². The molecule has 0 rings (SSSR count). The molecule has 0 bridgehead atoms. The van der Waals surface area contributed by atoms with Crippen LogP contribution in [0.15, 0.2) is 0 Å². The predicted molar refractivity (Wildman–Crippen MR) is 55.6 cm³/mol. The zero-order chi connectivity index (χ0) is 11.9. The Morgan fingerprint density at radius 1 is 1.53 bits per heavy atom. The maximum absolute atomic E-state index is 10.9. The van der Waals surface area contributed by atoms with Crippen molar-refractivity contribution in [1.29, 1.82) is 0 Å². The molecule has 0 saturated heterocycles. The summed E-state index contributed by atoms with van der Waals surface area (Å²) in [6, 6.07) is 0. The number of hydrogen-bond donors (Lipinski definition) is 2. The van der Waals surface area contributed by atoms with Crippen LogP contribution < -0.4 is 5.32 Å². The number of sulfone groups is 1. The smallest absolute Gasteiger partial charge is 0.308 e. The Labute approximate surface area is 89.5 Å². The highest BCUT2D eigenvalue weighted by Crippen LogP contribution is 2.00. The molecule has 2 N–H and O–H groups in total. The molecule has 0 aliphatic heterocycles. The van der Waals surface area contributed by atoms with E-state index in [1.165, 1.54) is 7.11 Å². The van der Waals surface area contributed by atoms with Crippen molar-refractivity contribution in [3.63, 3.8) is 0 Å². The highest BCUT2D eigenvalue weighted by molar-refractivity contribution is 7.90. The van der Waals surface area contributed by atoms with Crippen molar-refractivity contribution in [2.75, 3.05) is 38.8 Å². The van der Waals surface area contributed by atoms with Gasteiger partial charge in [-0.15, -0.1) is 0 Å². The summed E-state index contributed by atoms with van der Waals surface area (Å²) in [5.41, 5.74) is 0. The number of carbonyl (C=O) groups is 1. The first-order chi connectivity index (χ1) is 6.87. The Bertz CT molecular complexity index is 287. The largest absolute Gasteiger partial charge is 0.481 e. The van der Waals surface area contributed by atoms with E-state index in [1.54, 1.807) is 0 Å². The zero-order valence-corrected chi connectivity index (χ0v) is 9.71. The van der Waals surface area contributed by atoms with Gasteiger partial charge in [-0.05, 0) is 0 Å². The minimum atomic E-state index is -3.26. The van der Waals surface area contributed by atoms with E-state index in [1.807, 2.05) is 0 Å². The average Bonchev–Trinajstić information content (AvgIpc) is 2.08. The van der Waals surface area contributed by atoms with Gasteiger partial charge in [0, 0.05) is 26.5 Å². The molecule has 15 heavy (non-hydrogen) atoms. The molecule has 0 amide bonds. The van der Waals surface area contributed by atoms with Crippen LogP contribution in [0.2, 0.25) is 0 Å². The maximum atomic E-state index is 10.9. The number of nitrogens with one attached hydrogen (secondary N) is 1. The van der Waals surface area contributed by atoms with Crippen LogP contribution >= 0.6 is 0 Å². The first-order valence-electron chi connectivity index (χ1n) is 4.47. The molecule has 0 aromatic rings. The molecule has 0 aliphatic carbocycles. The Morgan fingerprint density at radius 2 is 2.13 bits per heavy atom. The van der Waals surface area contributed by atoms with Crippen molar-refractivity contribution in [2.24, 2.45) is 5.92 Å². The first-order valence-corrected chi connectivity index (χ1v) is 6.53. The summed E-state index contributed by atoms with van der Waals surface area (Å²) in [4.78, 5) is 10.7. The van der Waals surface area contributed by atoms with Gasteiger partial charge in [-0.25, -0.2) is 8.42 Å². The lowest BCUT2D eigenvalue weighted by atomic mass is 10.2. The molecular formula is C8H17NO5S. The highest BCUT2D eigenvalue weighted by Gasteiger charge is 2.21. The van der Waals surface area contributed by atoms with Gasteiger partial charge in [0.25, 0.3) is 0 Å². The summed E-state index contributed by atoms with van der Waals surface area (Å²) in [6.07, 6.45) is 1.03. The fraction of sp³-hybridized carbons (Fsp3) is 0.875. The second kappa shape index (κ2) is 6.76. The van der Waals surface area contributed by atoms with Crippen LogP contribution in [0.5, 0.6) is 0 Å². The van der Waals surface area contributed by atoms with E-state index in [4.69, 9.17) is 9.84 Å². The van der Waals surface area contributed by atoms with E-state index in [0.717, 1.165) is 6.26 Å². The number of hydrogen-bond acceptors (Lipinski definition) is 5. The van der Waals surface area contributed by atoms with Crippen molar-refractivity contribution >= 4 is 15.8 Å². The first kappa shape index (κ1) is 14.3. The van der Waals surface area contributed by atoms with Crippen molar-refractivity contribution in [3.8, 4) is 0 Å². The van der Waals surface area contributed by atoms with Gasteiger partial charge in [0.15, 0.2) is 0 Å². The van der Waals surface area contributed by atoms with Crippen LogP contribution in [0.4, 0.5) is 0 Å². The maximum Gasteiger partial charge on any atom is 0.308 e. The third-order valence-electron chi connectivity index (χ3n) is 1.73. The lowest BCUT2D eigenvalue weighted by Crippen LogP contribution is -2.34. The molecule has 6 nitrogen and oxygen atoms in total. The van der Waals surface area contributed by atoms with E-state index < -0.39 is 21.7 Å². The van der Waals surface area contributed by atoms with Gasteiger partial charge < -0.3 is 15.2 Å². The minimum absolute atomic E-state index is 0.131. The van der Waals surface area contributed by atoms with E-state index in [-0.39, 0.29) is 12.3 Å². The summed E-state index contributed by atoms with van der Waals surface area (Å²) in [5.74, 6) is -2.36. The van der Waals surface area contributed by atoms with E-state index >= 15 is 0 Å². The number of rotatable bonds is 8. The molecule has 1 atom stereocenters. The van der Waals surface area contributed by atoms with Gasteiger partial charge >= 0.3 is 5.97 Å². The van der Waals surface area contributed by atoms with Gasteiger partial charge in [-0.2, -0.15) is 0 Å². The number of carboxylic acid groups (broad SMARTS) is 1. The minimum Gasteiger partial charge on any atom is -0.481 e. The molecule has 0 saturated carbocycles. The van der Waals surface area contributed by atoms with Crippen LogP contribution in [0.3, 0.4) is 0 Å². The summed E-state index contributed by atoms with van der Waals surface area (Å²) in [6.45, 7) is 1.10. The summed E-state index contributed by atoms with van der Waals surface area (Å²) in [7, 11) is -1.73. The molecule has 0 spiro atoms. The molecule has 90 valence electrons. The fourth-order valence-corrected chi connectivity index (χ4v) is 2.02. The predicted octanol–water partition coefficient (Wildman–Crippen LogP) is -1.03. The molecule has 0 aromatic carbocycles. The van der Waals surface area contributed by atoms with Crippen LogP contribution in [-0.4, -0.2) is 58.3 Å². The van der Waals surface area contributed by atoms with E-state index in [0.29, 0.717) is 13.2 Å². The SMILES string of the molecule is COCCNCC(CS(C)(=O)=O)C(=O)O. The summed E-state index contributed by atoms with van der Waals surface area (Å²) >= 11 is 0. The lowest BCUT2D eigenvalue weighted by molar-refractivity contribution is -0.140. The quantitative estimate of drug-likeness (QED) is 0.526. The van der Waals surface area contributed by atoms with Crippen LogP contribution in [0.1, 0.15) is 0 Å². The Morgan fingerprint density at radius 3 is 2.53 bits per heavy atom. The van der Waals surface area contributed by atoms with Gasteiger partial charge in [0.2, 0.25) is 0 Å². The fourth-order valence-electron chi connectivity index (χ4n) is 1.03. The number of methoxy groups -OCH3 is 1. The van der Waals surface area contributed by atoms with Gasteiger partial charge in [-0.1, -0.05) is 0 Å². The molecule has 0 fully saturated rings. The standard InChI is InChI=1S/C8H17NO5S/c1-14-4-3-9-5-7(8(10)11)6-15(2,12)13/h7,9H,3-6H2,1-2H3,(H,10,11). The molecule has 0 heterocycles. The van der Waals surface area contributed by atoms with Crippen LogP contribution in [-0.2, 0) is 19.4 Å². The summed E-state index contributed by atoms with van der Waals surface area (Å²) < 4.78 is 26.6. The zero-order valence-electron chi connectivity index (χ0n) is 8.89. The lowest BCUT2D eigenvalue weighted by Gasteiger charge is -2.11. The normalized spacial score (nSPS) is 13.7. The van der Waals surface area contributed by atoms with Gasteiger partial charge in [0.1, 0.15) is 9.84 Å². The third-order valence-corrected chi connectivity index (χ3v) is 2.73. The summed E-state index contributed by atoms with van der Waals surface area (Å²) in [5, 5.41) is 11.6. The van der Waals surface area contributed by atoms with Crippen molar-refractivity contribution in [2.45, 2.75) is 0 Å². The van der Waals surface area contributed by atoms with Gasteiger partial charge in [-0.3, -0.25) is 4.79 Å². The molecule has 7 heteroatoms. The number of carboxylic acids is 1. The molecule has 1 unspecified atom stereocenters. The molecular weight excluding hydrogens is 222 g/mol. The second-order valence-corrected chi connectivity index (χ2v) is 5.51. The van der Waals surface area contributed by atoms with E-state index in [2.05, 4.69) is 5.32 Å². The average molecular weight is 239 g/mol. The van der Waals surface area contributed by atoms with E-state index in [9.17, 15) is 13.2 Å². The molecule has 0 aliphatic rings. The topological polar surface area (TPSA) is 92.7 Å². The Hall–Kier alpha value is -0.660. The van der Waals surface area contributed by atoms with Crippen molar-refractivity contribution < 1.29 is 23.1 Å². The highest BCUT2D eigenvalue weighted by atomic mass is 32.2. The second-order valence-electron chi connectivity index (χ2n) is 3.32. The Kier molecular flexibility index (Phi) is 6.46. The van der Waals surface area contributed by atoms with Crippen molar-refractivity contribution in [3.05, 3.63) is 0 Å². The third kappa shape index (κ3) is 8.34. The molecule has 0 radical (unpaired) electrons. The van der Waals surface area contributed by atoms with Crippen molar-refractivity contribution in [1.82, 2.24) is 5.32 Å².